The number of halogens is 1. The van der Waals surface area contributed by atoms with Gasteiger partial charge >= 0.3 is 0 Å². The quantitative estimate of drug-likeness (QED) is 0.613. The van der Waals surface area contributed by atoms with Gasteiger partial charge in [-0.3, -0.25) is 0 Å². The third-order valence-corrected chi connectivity index (χ3v) is 4.71. The molecule has 0 amide bonds. The smallest absolute Gasteiger partial charge is 0.244 e. The minimum Gasteiger partial charge on any atom is -0.372 e. The Labute approximate surface area is 120 Å². The molecule has 1 heterocycles. The molecule has 11 heteroatoms. The van der Waals surface area contributed by atoms with Crippen LogP contribution in [0.15, 0.2) is 21.6 Å². The molecule has 0 radical (unpaired) electrons. The summed E-state index contributed by atoms with van der Waals surface area (Å²) in [6, 6.07) is 1.36. The first-order chi connectivity index (χ1) is 8.65. The first-order valence-corrected chi connectivity index (χ1v) is 8.98. The summed E-state index contributed by atoms with van der Waals surface area (Å²) in [7, 11) is -6.07. The molecule has 0 saturated carbocycles. The van der Waals surface area contributed by atoms with Crippen LogP contribution in [0.2, 0.25) is 0 Å². The highest BCUT2D eigenvalue weighted by molar-refractivity contribution is 9.10. The minimum absolute atomic E-state index is 0.0844. The van der Waals surface area contributed by atoms with Crippen LogP contribution in [0.25, 0.3) is 0 Å². The molecule has 1 aromatic rings. The maximum Gasteiger partial charge on any atom is 0.244 e. The topological polar surface area (TPSA) is 131 Å². The SMILES string of the molecule is CNc1ncc(Br)cc1S(=O)(=O)NCCS(N)(=O)=O. The van der Waals surface area contributed by atoms with Crippen LogP contribution >= 0.6 is 15.9 Å². The lowest BCUT2D eigenvalue weighted by Crippen LogP contribution is -2.32. The minimum atomic E-state index is -3.87. The van der Waals surface area contributed by atoms with E-state index in [-0.39, 0.29) is 17.3 Å². The second-order valence-electron chi connectivity index (χ2n) is 3.52. The fourth-order valence-electron chi connectivity index (χ4n) is 1.21. The number of sulfonamides is 2. The second-order valence-corrected chi connectivity index (χ2v) is 7.90. The van der Waals surface area contributed by atoms with Crippen LogP contribution in [0.4, 0.5) is 5.82 Å². The molecular weight excluding hydrogens is 360 g/mol. The van der Waals surface area contributed by atoms with Gasteiger partial charge in [0.1, 0.15) is 10.7 Å². The van der Waals surface area contributed by atoms with E-state index in [9.17, 15) is 16.8 Å². The highest BCUT2D eigenvalue weighted by Crippen LogP contribution is 2.22. The largest absolute Gasteiger partial charge is 0.372 e. The molecule has 1 rings (SSSR count). The van der Waals surface area contributed by atoms with E-state index in [4.69, 9.17) is 5.14 Å². The Morgan fingerprint density at radius 3 is 2.53 bits per heavy atom. The summed E-state index contributed by atoms with van der Waals surface area (Å²) in [5, 5.41) is 7.43. The predicted octanol–water partition coefficient (Wildman–Crippen LogP) is -0.547. The van der Waals surface area contributed by atoms with Gasteiger partial charge in [0.25, 0.3) is 0 Å². The van der Waals surface area contributed by atoms with Crippen molar-refractivity contribution in [3.63, 3.8) is 0 Å². The number of rotatable bonds is 6. The number of nitrogens with one attached hydrogen (secondary N) is 2. The van der Waals surface area contributed by atoms with Gasteiger partial charge in [-0.25, -0.2) is 31.7 Å². The number of primary sulfonamides is 1. The zero-order valence-corrected chi connectivity index (χ0v) is 13.1. The predicted molar refractivity (Wildman–Crippen MR) is 74.6 cm³/mol. The molecule has 0 unspecified atom stereocenters. The van der Waals surface area contributed by atoms with E-state index in [1.807, 2.05) is 0 Å². The van der Waals surface area contributed by atoms with Crippen molar-refractivity contribution in [3.05, 3.63) is 16.7 Å². The Morgan fingerprint density at radius 2 is 2.00 bits per heavy atom. The van der Waals surface area contributed by atoms with Crippen LogP contribution in [0.3, 0.4) is 0 Å². The van der Waals surface area contributed by atoms with E-state index in [2.05, 4.69) is 31.0 Å². The zero-order chi connectivity index (χ0) is 14.7. The monoisotopic (exact) mass is 372 g/mol. The van der Waals surface area contributed by atoms with Crippen LogP contribution < -0.4 is 15.2 Å². The number of anilines is 1. The van der Waals surface area contributed by atoms with Gasteiger partial charge in [-0.2, -0.15) is 0 Å². The normalized spacial score (nSPS) is 12.4. The molecule has 0 fully saturated rings. The number of hydrogen-bond donors (Lipinski definition) is 3. The Bertz CT molecular complexity index is 659. The van der Waals surface area contributed by atoms with Gasteiger partial charge in [-0.05, 0) is 22.0 Å². The Hall–Kier alpha value is -0.750. The zero-order valence-electron chi connectivity index (χ0n) is 9.92. The molecular formula is C8H13BrN4O4S2. The average molecular weight is 373 g/mol. The third kappa shape index (κ3) is 5.03. The van der Waals surface area contributed by atoms with Crippen LogP contribution in [-0.2, 0) is 20.0 Å². The summed E-state index contributed by atoms with van der Waals surface area (Å²) in [5.74, 6) is -0.325. The van der Waals surface area contributed by atoms with E-state index in [1.54, 1.807) is 0 Å². The number of nitrogens with zero attached hydrogens (tertiary/aromatic N) is 1. The van der Waals surface area contributed by atoms with Gasteiger partial charge in [-0.1, -0.05) is 0 Å². The van der Waals surface area contributed by atoms with Crippen molar-refractivity contribution in [1.82, 2.24) is 9.71 Å². The van der Waals surface area contributed by atoms with Gasteiger partial charge in [0, 0.05) is 24.3 Å². The highest BCUT2D eigenvalue weighted by atomic mass is 79.9. The third-order valence-electron chi connectivity index (χ3n) is 2.02. The van der Waals surface area contributed by atoms with E-state index in [1.165, 1.54) is 19.3 Å². The van der Waals surface area contributed by atoms with E-state index in [0.717, 1.165) is 0 Å². The molecule has 0 atom stereocenters. The second kappa shape index (κ2) is 6.13. The summed E-state index contributed by atoms with van der Waals surface area (Å²) in [6.45, 7) is -0.309. The van der Waals surface area contributed by atoms with Crippen LogP contribution in [0, 0.1) is 0 Å². The maximum atomic E-state index is 12.0. The van der Waals surface area contributed by atoms with Crippen molar-refractivity contribution >= 4 is 41.8 Å². The van der Waals surface area contributed by atoms with Gasteiger partial charge in [0.15, 0.2) is 0 Å². The fourth-order valence-corrected chi connectivity index (χ4v) is 3.43. The van der Waals surface area contributed by atoms with Crippen LogP contribution in [-0.4, -0.2) is 41.2 Å². The summed E-state index contributed by atoms with van der Waals surface area (Å²) >= 11 is 3.12. The number of aromatic nitrogens is 1. The van der Waals surface area contributed by atoms with Crippen molar-refractivity contribution < 1.29 is 16.8 Å². The Morgan fingerprint density at radius 1 is 1.37 bits per heavy atom. The molecule has 0 aromatic carbocycles. The van der Waals surface area contributed by atoms with Crippen molar-refractivity contribution in [2.24, 2.45) is 5.14 Å². The molecule has 0 aliphatic carbocycles. The lowest BCUT2D eigenvalue weighted by molar-refractivity contribution is 0.581. The Kier molecular flexibility index (Phi) is 5.26. The van der Waals surface area contributed by atoms with Gasteiger partial charge in [0.05, 0.1) is 5.75 Å². The standard InChI is InChI=1S/C8H13BrN4O4S2/c1-11-8-7(4-6(9)5-12-8)19(16,17)13-2-3-18(10,14)15/h4-5,13H,2-3H2,1H3,(H,11,12)(H2,10,14,15). The van der Waals surface area contributed by atoms with Crippen LogP contribution in [0.1, 0.15) is 0 Å². The molecule has 0 aliphatic heterocycles. The molecule has 4 N–H and O–H groups in total. The fraction of sp³-hybridized carbons (Fsp3) is 0.375. The van der Waals surface area contributed by atoms with Gasteiger partial charge in [-0.15, -0.1) is 0 Å². The van der Waals surface area contributed by atoms with Crippen molar-refractivity contribution in [1.29, 1.82) is 0 Å². The van der Waals surface area contributed by atoms with Gasteiger partial charge in [0.2, 0.25) is 20.0 Å². The molecule has 0 aliphatic rings. The summed E-state index contributed by atoms with van der Waals surface area (Å²) in [5.41, 5.74) is 0. The van der Waals surface area contributed by atoms with Crippen LogP contribution in [0.5, 0.6) is 0 Å². The molecule has 0 saturated heterocycles. The van der Waals surface area contributed by atoms with Crippen molar-refractivity contribution in [2.75, 3.05) is 24.7 Å². The van der Waals surface area contributed by atoms with E-state index >= 15 is 0 Å². The Balaban J connectivity index is 2.97. The average Bonchev–Trinajstić information content (AvgIpc) is 2.27. The number of hydrogen-bond acceptors (Lipinski definition) is 6. The van der Waals surface area contributed by atoms with Gasteiger partial charge < -0.3 is 5.32 Å². The lowest BCUT2D eigenvalue weighted by atomic mass is 10.4. The summed E-state index contributed by atoms with van der Waals surface area (Å²) < 4.78 is 48.1. The van der Waals surface area contributed by atoms with E-state index in [0.29, 0.717) is 4.47 Å². The van der Waals surface area contributed by atoms with Crippen molar-refractivity contribution in [3.8, 4) is 0 Å². The highest BCUT2D eigenvalue weighted by Gasteiger charge is 2.20. The molecule has 0 bridgehead atoms. The summed E-state index contributed by atoms with van der Waals surface area (Å²) in [6.07, 6.45) is 1.44. The molecule has 19 heavy (non-hydrogen) atoms. The first kappa shape index (κ1) is 16.3. The lowest BCUT2D eigenvalue weighted by Gasteiger charge is -2.10. The van der Waals surface area contributed by atoms with Crippen molar-refractivity contribution in [2.45, 2.75) is 4.90 Å². The molecule has 0 spiro atoms. The first-order valence-electron chi connectivity index (χ1n) is 4.99. The van der Waals surface area contributed by atoms with E-state index < -0.39 is 25.8 Å². The number of pyridine rings is 1. The molecule has 108 valence electrons. The summed E-state index contributed by atoms with van der Waals surface area (Å²) in [4.78, 5) is 3.82. The maximum absolute atomic E-state index is 12.0. The number of nitrogens with two attached hydrogens (primary N) is 1. The molecule has 8 nitrogen and oxygen atoms in total. The molecule has 1 aromatic heterocycles.